The van der Waals surface area contributed by atoms with Crippen molar-refractivity contribution in [2.45, 2.75) is 20.0 Å². The molecule has 4 heteroatoms. The first-order valence-electron chi connectivity index (χ1n) is 5.98. The zero-order valence-corrected chi connectivity index (χ0v) is 10.8. The quantitative estimate of drug-likeness (QED) is 0.677. The van der Waals surface area contributed by atoms with Crippen LogP contribution in [0, 0.1) is 24.0 Å². The molecule has 0 amide bonds. The van der Waals surface area contributed by atoms with Crippen LogP contribution >= 0.6 is 0 Å². The molecular weight excluding hydrogens is 242 g/mol. The maximum atomic E-state index is 10.6. The summed E-state index contributed by atoms with van der Waals surface area (Å²) in [6.45, 7) is 3.90. The highest BCUT2D eigenvalue weighted by molar-refractivity contribution is 5.40. The van der Waals surface area contributed by atoms with Crippen LogP contribution in [-0.2, 0) is 0 Å². The van der Waals surface area contributed by atoms with Gasteiger partial charge in [0.1, 0.15) is 6.10 Å². The summed E-state index contributed by atoms with van der Waals surface area (Å²) >= 11 is 0. The fourth-order valence-electron chi connectivity index (χ4n) is 2.01. The Morgan fingerprint density at radius 1 is 1.11 bits per heavy atom. The molecule has 0 unspecified atom stereocenters. The standard InChI is InChI=1S/C15H15NO3/c1-10-3-4-11(2)14(9-10)15(17)12-5-7-13(8-6-12)16(18)19/h3-9,15,17H,1-2H3/t15-/m1/s1. The normalized spacial score (nSPS) is 12.2. The third kappa shape index (κ3) is 2.80. The summed E-state index contributed by atoms with van der Waals surface area (Å²) in [7, 11) is 0. The first kappa shape index (κ1) is 13.2. The van der Waals surface area contributed by atoms with Crippen LogP contribution in [0.5, 0.6) is 0 Å². The van der Waals surface area contributed by atoms with Gasteiger partial charge in [0, 0.05) is 12.1 Å². The Morgan fingerprint density at radius 2 is 1.74 bits per heavy atom. The van der Waals surface area contributed by atoms with Crippen LogP contribution in [0.3, 0.4) is 0 Å². The third-order valence-electron chi connectivity index (χ3n) is 3.15. The van der Waals surface area contributed by atoms with Gasteiger partial charge in [0.25, 0.3) is 5.69 Å². The summed E-state index contributed by atoms with van der Waals surface area (Å²) in [5, 5.41) is 21.0. The van der Waals surface area contributed by atoms with E-state index in [1.54, 1.807) is 12.1 Å². The number of non-ortho nitro benzene ring substituents is 1. The smallest absolute Gasteiger partial charge is 0.269 e. The monoisotopic (exact) mass is 257 g/mol. The van der Waals surface area contributed by atoms with E-state index in [-0.39, 0.29) is 5.69 Å². The summed E-state index contributed by atoms with van der Waals surface area (Å²) < 4.78 is 0. The summed E-state index contributed by atoms with van der Waals surface area (Å²) in [6, 6.07) is 11.9. The molecule has 0 radical (unpaired) electrons. The lowest BCUT2D eigenvalue weighted by atomic mass is 9.96. The minimum absolute atomic E-state index is 0.0249. The zero-order valence-electron chi connectivity index (χ0n) is 10.8. The SMILES string of the molecule is Cc1ccc(C)c([C@H](O)c2ccc([N+](=O)[O-])cc2)c1. The van der Waals surface area contributed by atoms with E-state index < -0.39 is 11.0 Å². The lowest BCUT2D eigenvalue weighted by Gasteiger charge is -2.14. The van der Waals surface area contributed by atoms with Crippen molar-refractivity contribution >= 4 is 5.69 Å². The Hall–Kier alpha value is -2.20. The minimum Gasteiger partial charge on any atom is -0.384 e. The molecule has 2 aromatic rings. The Kier molecular flexibility index (Phi) is 3.62. The van der Waals surface area contributed by atoms with E-state index in [1.165, 1.54) is 12.1 Å². The molecule has 2 rings (SSSR count). The molecule has 0 saturated carbocycles. The van der Waals surface area contributed by atoms with Gasteiger partial charge in [-0.05, 0) is 42.7 Å². The van der Waals surface area contributed by atoms with Gasteiger partial charge in [0.15, 0.2) is 0 Å². The van der Waals surface area contributed by atoms with E-state index in [0.717, 1.165) is 16.7 Å². The fourth-order valence-corrected chi connectivity index (χ4v) is 2.01. The van der Waals surface area contributed by atoms with Crippen molar-refractivity contribution in [3.63, 3.8) is 0 Å². The second kappa shape index (κ2) is 5.20. The van der Waals surface area contributed by atoms with Crippen LogP contribution < -0.4 is 0 Å². The highest BCUT2D eigenvalue weighted by Gasteiger charge is 2.14. The van der Waals surface area contributed by atoms with E-state index in [9.17, 15) is 15.2 Å². The van der Waals surface area contributed by atoms with Gasteiger partial charge in [-0.25, -0.2) is 0 Å². The number of aliphatic hydroxyl groups excluding tert-OH is 1. The molecule has 4 nitrogen and oxygen atoms in total. The van der Waals surface area contributed by atoms with Gasteiger partial charge in [-0.2, -0.15) is 0 Å². The van der Waals surface area contributed by atoms with Crippen molar-refractivity contribution < 1.29 is 10.0 Å². The molecule has 0 spiro atoms. The molecule has 19 heavy (non-hydrogen) atoms. The van der Waals surface area contributed by atoms with Crippen LogP contribution in [-0.4, -0.2) is 10.0 Å². The number of hydrogen-bond donors (Lipinski definition) is 1. The van der Waals surface area contributed by atoms with Crippen molar-refractivity contribution in [1.29, 1.82) is 0 Å². The molecule has 0 bridgehead atoms. The molecule has 1 N–H and O–H groups in total. The average molecular weight is 257 g/mol. The predicted octanol–water partition coefficient (Wildman–Crippen LogP) is 3.29. The number of benzene rings is 2. The van der Waals surface area contributed by atoms with Gasteiger partial charge in [-0.15, -0.1) is 0 Å². The molecule has 1 atom stereocenters. The molecule has 2 aromatic carbocycles. The van der Waals surface area contributed by atoms with Crippen LogP contribution in [0.4, 0.5) is 5.69 Å². The largest absolute Gasteiger partial charge is 0.384 e. The second-order valence-corrected chi connectivity index (χ2v) is 4.61. The Labute approximate surface area is 111 Å². The molecule has 0 fully saturated rings. The molecule has 0 heterocycles. The third-order valence-corrected chi connectivity index (χ3v) is 3.15. The van der Waals surface area contributed by atoms with Crippen molar-refractivity contribution in [3.05, 3.63) is 74.8 Å². The van der Waals surface area contributed by atoms with Gasteiger partial charge in [0.2, 0.25) is 0 Å². The van der Waals surface area contributed by atoms with Crippen molar-refractivity contribution in [2.75, 3.05) is 0 Å². The average Bonchev–Trinajstić information content (AvgIpc) is 2.41. The summed E-state index contributed by atoms with van der Waals surface area (Å²) in [5.74, 6) is 0. The Morgan fingerprint density at radius 3 is 2.32 bits per heavy atom. The lowest BCUT2D eigenvalue weighted by molar-refractivity contribution is -0.384. The van der Waals surface area contributed by atoms with E-state index >= 15 is 0 Å². The van der Waals surface area contributed by atoms with Gasteiger partial charge in [0.05, 0.1) is 4.92 Å². The molecular formula is C15H15NO3. The van der Waals surface area contributed by atoms with Crippen LogP contribution in [0.1, 0.15) is 28.4 Å². The van der Waals surface area contributed by atoms with Gasteiger partial charge >= 0.3 is 0 Å². The maximum Gasteiger partial charge on any atom is 0.269 e. The number of aliphatic hydroxyl groups is 1. The molecule has 0 aromatic heterocycles. The molecule has 0 saturated heterocycles. The van der Waals surface area contributed by atoms with Crippen molar-refractivity contribution in [3.8, 4) is 0 Å². The first-order valence-corrected chi connectivity index (χ1v) is 5.98. The highest BCUT2D eigenvalue weighted by atomic mass is 16.6. The number of rotatable bonds is 3. The number of nitrogens with zero attached hydrogens (tertiary/aromatic N) is 1. The molecule has 0 aliphatic heterocycles. The maximum absolute atomic E-state index is 10.6. The summed E-state index contributed by atoms with van der Waals surface area (Å²) in [5.41, 5.74) is 3.57. The van der Waals surface area contributed by atoms with Gasteiger partial charge in [-0.1, -0.05) is 23.8 Å². The fraction of sp³-hybridized carbons (Fsp3) is 0.200. The summed E-state index contributed by atoms with van der Waals surface area (Å²) in [6.07, 6.45) is -0.763. The number of nitro benzene ring substituents is 1. The number of nitro groups is 1. The van der Waals surface area contributed by atoms with E-state index in [2.05, 4.69) is 0 Å². The summed E-state index contributed by atoms with van der Waals surface area (Å²) in [4.78, 5) is 10.1. The molecule has 98 valence electrons. The van der Waals surface area contributed by atoms with E-state index in [1.807, 2.05) is 32.0 Å². The predicted molar refractivity (Wildman–Crippen MR) is 73.1 cm³/mol. The number of aryl methyl sites for hydroxylation is 2. The molecule has 0 aliphatic carbocycles. The first-order chi connectivity index (χ1) is 8.99. The Bertz CT molecular complexity index is 605. The van der Waals surface area contributed by atoms with Crippen molar-refractivity contribution in [1.82, 2.24) is 0 Å². The van der Waals surface area contributed by atoms with Gasteiger partial charge in [-0.3, -0.25) is 10.1 Å². The Balaban J connectivity index is 2.35. The molecule has 0 aliphatic rings. The highest BCUT2D eigenvalue weighted by Crippen LogP contribution is 2.26. The lowest BCUT2D eigenvalue weighted by Crippen LogP contribution is -2.02. The zero-order chi connectivity index (χ0) is 14.0. The van der Waals surface area contributed by atoms with Crippen LogP contribution in [0.25, 0.3) is 0 Å². The number of hydrogen-bond acceptors (Lipinski definition) is 3. The van der Waals surface area contributed by atoms with Crippen LogP contribution in [0.2, 0.25) is 0 Å². The van der Waals surface area contributed by atoms with E-state index in [4.69, 9.17) is 0 Å². The minimum atomic E-state index is -0.763. The van der Waals surface area contributed by atoms with E-state index in [0.29, 0.717) is 5.56 Å². The topological polar surface area (TPSA) is 63.4 Å². The van der Waals surface area contributed by atoms with Gasteiger partial charge < -0.3 is 5.11 Å². The second-order valence-electron chi connectivity index (χ2n) is 4.61. The van der Waals surface area contributed by atoms with Crippen molar-refractivity contribution in [2.24, 2.45) is 0 Å². The van der Waals surface area contributed by atoms with Crippen LogP contribution in [0.15, 0.2) is 42.5 Å².